The molecular formula is C24H23NS2. The van der Waals surface area contributed by atoms with Crippen LogP contribution < -0.4 is 0 Å². The minimum Gasteiger partial charge on any atom is -0.241 e. The third kappa shape index (κ3) is 6.46. The minimum atomic E-state index is 0.989. The fourth-order valence-electron chi connectivity index (χ4n) is 2.50. The second-order valence-corrected chi connectivity index (χ2v) is 8.00. The van der Waals surface area contributed by atoms with Crippen molar-refractivity contribution in [2.75, 3.05) is 0 Å². The molecule has 0 aliphatic carbocycles. The molecule has 0 saturated heterocycles. The number of hydrogen-bond donors (Lipinski definition) is 0. The molecule has 0 amide bonds. The number of nitrogens with zero attached hydrogens (tertiary/aromatic N) is 1. The summed E-state index contributed by atoms with van der Waals surface area (Å²) in [5.41, 5.74) is 2.27. The molecule has 136 valence electrons. The summed E-state index contributed by atoms with van der Waals surface area (Å²) in [6.07, 6.45) is 2.09. The van der Waals surface area contributed by atoms with Crippen LogP contribution in [-0.2, 0) is 0 Å². The van der Waals surface area contributed by atoms with Crippen LogP contribution >= 0.6 is 23.5 Å². The van der Waals surface area contributed by atoms with E-state index in [-0.39, 0.29) is 0 Å². The number of hydrogen-bond acceptors (Lipinski definition) is 3. The Bertz CT molecular complexity index is 872. The summed E-state index contributed by atoms with van der Waals surface area (Å²) in [5.74, 6) is 0. The third-order valence-corrected chi connectivity index (χ3v) is 5.82. The number of thioether (sulfide) groups is 2. The number of aliphatic imine (C=N–C) groups is 1. The Labute approximate surface area is 170 Å². The first kappa shape index (κ1) is 19.5. The molecule has 1 nitrogen and oxygen atoms in total. The monoisotopic (exact) mass is 389 g/mol. The average Bonchev–Trinajstić information content (AvgIpc) is 2.73. The second-order valence-electron chi connectivity index (χ2n) is 5.99. The van der Waals surface area contributed by atoms with Crippen molar-refractivity contribution in [3.8, 4) is 0 Å². The molecule has 0 atom stereocenters. The van der Waals surface area contributed by atoms with Gasteiger partial charge in [-0.3, -0.25) is 0 Å². The van der Waals surface area contributed by atoms with Crippen molar-refractivity contribution < 1.29 is 0 Å². The zero-order valence-electron chi connectivity index (χ0n) is 15.4. The van der Waals surface area contributed by atoms with Gasteiger partial charge in [0.05, 0.1) is 5.69 Å². The van der Waals surface area contributed by atoms with Crippen molar-refractivity contribution in [1.82, 2.24) is 0 Å². The number of para-hydroxylation sites is 1. The van der Waals surface area contributed by atoms with Crippen LogP contribution in [0.5, 0.6) is 0 Å². The van der Waals surface area contributed by atoms with Crippen LogP contribution in [0.4, 0.5) is 5.69 Å². The lowest BCUT2D eigenvalue weighted by atomic mass is 10.2. The van der Waals surface area contributed by atoms with Crippen molar-refractivity contribution in [3.63, 3.8) is 0 Å². The van der Waals surface area contributed by atoms with Gasteiger partial charge in [-0.1, -0.05) is 91.5 Å². The van der Waals surface area contributed by atoms with E-state index in [4.69, 9.17) is 4.99 Å². The Morgan fingerprint density at radius 2 is 1.33 bits per heavy atom. The van der Waals surface area contributed by atoms with Crippen LogP contribution in [0.25, 0.3) is 0 Å². The quantitative estimate of drug-likeness (QED) is 0.231. The number of benzene rings is 3. The van der Waals surface area contributed by atoms with Crippen LogP contribution in [-0.4, -0.2) is 5.04 Å². The molecular weight excluding hydrogens is 366 g/mol. The van der Waals surface area contributed by atoms with Gasteiger partial charge in [-0.15, -0.1) is 0 Å². The standard InChI is InChI=1S/C24H23NS2/c1-2-12-20(19-26-22-15-8-4-9-16-22)24(25-21-13-6-3-7-14-21)27-23-17-10-5-11-18-23/h3-11,13-19H,2,12H2,1H3/b20-19+,25-24+. The lowest BCUT2D eigenvalue weighted by molar-refractivity contribution is 0.940. The van der Waals surface area contributed by atoms with E-state index in [0.717, 1.165) is 23.6 Å². The van der Waals surface area contributed by atoms with Crippen molar-refractivity contribution in [2.24, 2.45) is 4.99 Å². The Morgan fingerprint density at radius 3 is 1.93 bits per heavy atom. The zero-order valence-corrected chi connectivity index (χ0v) is 17.0. The Hall–Kier alpha value is -2.23. The van der Waals surface area contributed by atoms with Crippen LogP contribution in [0, 0.1) is 0 Å². The molecule has 0 aliphatic rings. The molecule has 0 heterocycles. The Kier molecular flexibility index (Phi) is 7.82. The van der Waals surface area contributed by atoms with Crippen LogP contribution in [0.1, 0.15) is 19.8 Å². The molecule has 0 radical (unpaired) electrons. The highest BCUT2D eigenvalue weighted by molar-refractivity contribution is 8.14. The largest absolute Gasteiger partial charge is 0.241 e. The van der Waals surface area contributed by atoms with Gasteiger partial charge in [0, 0.05) is 9.79 Å². The predicted molar refractivity (Wildman–Crippen MR) is 121 cm³/mol. The summed E-state index contributed by atoms with van der Waals surface area (Å²) < 4.78 is 0. The van der Waals surface area contributed by atoms with Gasteiger partial charge in [-0.25, -0.2) is 4.99 Å². The first-order chi connectivity index (χ1) is 13.3. The summed E-state index contributed by atoms with van der Waals surface area (Å²) in [6.45, 7) is 2.22. The summed E-state index contributed by atoms with van der Waals surface area (Å²) in [5, 5.41) is 3.33. The molecule has 3 rings (SSSR count). The average molecular weight is 390 g/mol. The molecule has 3 heteroatoms. The molecule has 0 spiro atoms. The summed E-state index contributed by atoms with van der Waals surface area (Å²) in [6, 6.07) is 31.2. The van der Waals surface area contributed by atoms with Gasteiger partial charge in [0.15, 0.2) is 0 Å². The third-order valence-electron chi connectivity index (χ3n) is 3.82. The molecule has 3 aromatic rings. The first-order valence-electron chi connectivity index (χ1n) is 9.13. The van der Waals surface area contributed by atoms with Gasteiger partial charge >= 0.3 is 0 Å². The Morgan fingerprint density at radius 1 is 0.778 bits per heavy atom. The molecule has 0 unspecified atom stereocenters. The molecule has 27 heavy (non-hydrogen) atoms. The van der Waals surface area contributed by atoms with Crippen LogP contribution in [0.2, 0.25) is 0 Å². The van der Waals surface area contributed by atoms with Crippen molar-refractivity contribution >= 4 is 34.3 Å². The van der Waals surface area contributed by atoms with E-state index in [9.17, 15) is 0 Å². The highest BCUT2D eigenvalue weighted by Gasteiger charge is 2.10. The van der Waals surface area contributed by atoms with Crippen molar-refractivity contribution in [2.45, 2.75) is 29.6 Å². The SMILES string of the molecule is CCCC(=C\Sc1ccccc1)/C(=N\c1ccccc1)Sc1ccccc1. The first-order valence-corrected chi connectivity index (χ1v) is 10.8. The highest BCUT2D eigenvalue weighted by Crippen LogP contribution is 2.31. The van der Waals surface area contributed by atoms with Gasteiger partial charge in [0.25, 0.3) is 0 Å². The van der Waals surface area contributed by atoms with Gasteiger partial charge < -0.3 is 0 Å². The topological polar surface area (TPSA) is 12.4 Å². The molecule has 0 fully saturated rings. The van der Waals surface area contributed by atoms with Gasteiger partial charge in [0.2, 0.25) is 0 Å². The summed E-state index contributed by atoms with van der Waals surface area (Å²) >= 11 is 3.50. The molecule has 3 aromatic carbocycles. The maximum absolute atomic E-state index is 4.98. The van der Waals surface area contributed by atoms with E-state index in [2.05, 4.69) is 73.0 Å². The predicted octanol–water partition coefficient (Wildman–Crippen LogP) is 7.99. The van der Waals surface area contributed by atoms with Crippen molar-refractivity contribution in [3.05, 3.63) is 102 Å². The van der Waals surface area contributed by atoms with Gasteiger partial charge in [-0.05, 0) is 53.8 Å². The minimum absolute atomic E-state index is 0.989. The molecule has 0 aliphatic heterocycles. The van der Waals surface area contributed by atoms with E-state index in [1.807, 2.05) is 30.3 Å². The van der Waals surface area contributed by atoms with Crippen LogP contribution in [0.3, 0.4) is 0 Å². The van der Waals surface area contributed by atoms with Crippen LogP contribution in [0.15, 0.2) is 117 Å². The maximum Gasteiger partial charge on any atom is 0.105 e. The summed E-state index contributed by atoms with van der Waals surface area (Å²) in [7, 11) is 0. The lowest BCUT2D eigenvalue weighted by Crippen LogP contribution is -1.98. The van der Waals surface area contributed by atoms with E-state index in [0.29, 0.717) is 0 Å². The molecule has 0 aromatic heterocycles. The second kappa shape index (κ2) is 10.8. The zero-order chi connectivity index (χ0) is 18.7. The fourth-order valence-corrected chi connectivity index (χ4v) is 4.36. The smallest absolute Gasteiger partial charge is 0.105 e. The van der Waals surface area contributed by atoms with E-state index >= 15 is 0 Å². The number of rotatable bonds is 7. The summed E-state index contributed by atoms with van der Waals surface area (Å²) in [4.78, 5) is 7.44. The highest BCUT2D eigenvalue weighted by atomic mass is 32.2. The maximum atomic E-state index is 4.98. The van der Waals surface area contributed by atoms with E-state index in [1.54, 1.807) is 23.5 Å². The normalized spacial score (nSPS) is 12.2. The molecule has 0 saturated carbocycles. The Balaban J connectivity index is 1.93. The molecule has 0 N–H and O–H groups in total. The van der Waals surface area contributed by atoms with E-state index < -0.39 is 0 Å². The lowest BCUT2D eigenvalue weighted by Gasteiger charge is -2.11. The van der Waals surface area contributed by atoms with Gasteiger partial charge in [-0.2, -0.15) is 0 Å². The molecule has 0 bridgehead atoms. The van der Waals surface area contributed by atoms with E-state index in [1.165, 1.54) is 15.4 Å². The van der Waals surface area contributed by atoms with Gasteiger partial charge in [0.1, 0.15) is 5.04 Å². The van der Waals surface area contributed by atoms with Crippen molar-refractivity contribution in [1.29, 1.82) is 0 Å². The fraction of sp³-hybridized carbons (Fsp3) is 0.125.